The van der Waals surface area contributed by atoms with Crippen LogP contribution >= 0.6 is 11.6 Å². The molecule has 1 saturated carbocycles. The van der Waals surface area contributed by atoms with E-state index in [1.165, 1.54) is 4.90 Å². The Hall–Kier alpha value is -0.610. The van der Waals surface area contributed by atoms with Gasteiger partial charge in [-0.3, -0.25) is 14.5 Å². The van der Waals surface area contributed by atoms with Gasteiger partial charge in [0.05, 0.1) is 31.6 Å². The highest BCUT2D eigenvalue weighted by Gasteiger charge is 2.51. The average Bonchev–Trinajstić information content (AvgIpc) is 2.89. The van der Waals surface area contributed by atoms with Crippen molar-refractivity contribution in [1.29, 1.82) is 0 Å². The van der Waals surface area contributed by atoms with Crippen LogP contribution in [0.25, 0.3) is 0 Å². The second-order valence-corrected chi connectivity index (χ2v) is 5.47. The molecule has 0 aromatic rings. The van der Waals surface area contributed by atoms with Crippen molar-refractivity contribution in [1.82, 2.24) is 4.90 Å². The zero-order valence-corrected chi connectivity index (χ0v) is 11.5. The highest BCUT2D eigenvalue weighted by molar-refractivity contribution is 6.17. The number of fused-ring (bicyclic) bond motifs is 1. The fraction of sp³-hybridized carbons (Fsp3) is 0.846. The third kappa shape index (κ3) is 2.54. The molecule has 1 saturated heterocycles. The first-order valence-electron chi connectivity index (χ1n) is 6.68. The average molecular weight is 274 g/mol. The lowest BCUT2D eigenvalue weighted by atomic mass is 10.00. The first-order chi connectivity index (χ1) is 8.69. The highest BCUT2D eigenvalue weighted by atomic mass is 35.5. The Labute approximate surface area is 113 Å². The Kier molecular flexibility index (Phi) is 4.62. The third-order valence-electron chi connectivity index (χ3n) is 4.08. The lowest BCUT2D eigenvalue weighted by Gasteiger charge is -2.17. The predicted octanol–water partition coefficient (Wildman–Crippen LogP) is 1.66. The van der Waals surface area contributed by atoms with Crippen molar-refractivity contribution in [2.24, 2.45) is 17.8 Å². The van der Waals surface area contributed by atoms with Crippen molar-refractivity contribution < 1.29 is 14.3 Å². The van der Waals surface area contributed by atoms with Crippen LogP contribution < -0.4 is 0 Å². The Balaban J connectivity index is 1.88. The van der Waals surface area contributed by atoms with Gasteiger partial charge in [0.1, 0.15) is 0 Å². The van der Waals surface area contributed by atoms with Gasteiger partial charge in [-0.15, -0.1) is 11.6 Å². The molecule has 1 heterocycles. The Morgan fingerprint density at radius 1 is 1.22 bits per heavy atom. The van der Waals surface area contributed by atoms with Crippen LogP contribution in [0.15, 0.2) is 0 Å². The molecule has 1 aliphatic carbocycles. The number of carbonyl (C=O) groups is 2. The van der Waals surface area contributed by atoms with E-state index in [1.807, 2.05) is 0 Å². The van der Waals surface area contributed by atoms with Crippen LogP contribution in [0.2, 0.25) is 0 Å². The van der Waals surface area contributed by atoms with Crippen molar-refractivity contribution in [3.8, 4) is 0 Å². The lowest BCUT2D eigenvalue weighted by Crippen LogP contribution is -2.35. The summed E-state index contributed by atoms with van der Waals surface area (Å²) in [7, 11) is 0. The van der Waals surface area contributed by atoms with Crippen LogP contribution in [0.5, 0.6) is 0 Å². The van der Waals surface area contributed by atoms with E-state index in [9.17, 15) is 9.59 Å². The largest absolute Gasteiger partial charge is 0.378 e. The van der Waals surface area contributed by atoms with Crippen LogP contribution in [0.3, 0.4) is 0 Å². The number of amides is 2. The molecule has 2 atom stereocenters. The van der Waals surface area contributed by atoms with Gasteiger partial charge in [0, 0.05) is 5.88 Å². The number of nitrogens with zero attached hydrogens (tertiary/aromatic N) is 1. The fourth-order valence-electron chi connectivity index (χ4n) is 3.06. The molecule has 0 radical (unpaired) electrons. The summed E-state index contributed by atoms with van der Waals surface area (Å²) in [5.41, 5.74) is 0. The summed E-state index contributed by atoms with van der Waals surface area (Å²) in [5.74, 6) is 0.880. The van der Waals surface area contributed by atoms with E-state index in [0.717, 1.165) is 19.3 Å². The number of ether oxygens (including phenoxy) is 1. The van der Waals surface area contributed by atoms with Crippen LogP contribution in [0.4, 0.5) is 0 Å². The van der Waals surface area contributed by atoms with Crippen LogP contribution in [0.1, 0.15) is 26.2 Å². The molecule has 5 heteroatoms. The third-order valence-corrected chi connectivity index (χ3v) is 4.24. The maximum absolute atomic E-state index is 12.1. The van der Waals surface area contributed by atoms with E-state index in [0.29, 0.717) is 31.6 Å². The number of rotatable bonds is 6. The molecule has 0 bridgehead atoms. The summed E-state index contributed by atoms with van der Waals surface area (Å²) < 4.78 is 5.23. The molecule has 2 amide bonds. The molecule has 2 fully saturated rings. The maximum atomic E-state index is 12.1. The smallest absolute Gasteiger partial charge is 0.233 e. The SMILES string of the molecule is CCC1CC2C(=O)N(CCOCCCl)C(=O)C2C1. The molecule has 1 aliphatic heterocycles. The van der Waals surface area contributed by atoms with E-state index in [2.05, 4.69) is 6.92 Å². The summed E-state index contributed by atoms with van der Waals surface area (Å²) in [5, 5.41) is 0. The molecule has 4 nitrogen and oxygen atoms in total. The van der Waals surface area contributed by atoms with Crippen molar-refractivity contribution in [2.75, 3.05) is 25.6 Å². The highest BCUT2D eigenvalue weighted by Crippen LogP contribution is 2.44. The van der Waals surface area contributed by atoms with Gasteiger partial charge in [-0.1, -0.05) is 13.3 Å². The van der Waals surface area contributed by atoms with Gasteiger partial charge in [-0.2, -0.15) is 0 Å². The van der Waals surface area contributed by atoms with E-state index < -0.39 is 0 Å². The summed E-state index contributed by atoms with van der Waals surface area (Å²) >= 11 is 5.49. The molecule has 0 N–H and O–H groups in total. The molecule has 0 spiro atoms. The minimum Gasteiger partial charge on any atom is -0.378 e. The number of halogens is 1. The van der Waals surface area contributed by atoms with Gasteiger partial charge in [0.25, 0.3) is 0 Å². The minimum atomic E-state index is -0.0597. The van der Waals surface area contributed by atoms with Gasteiger partial charge >= 0.3 is 0 Å². The lowest BCUT2D eigenvalue weighted by molar-refractivity contribution is -0.141. The quantitative estimate of drug-likeness (QED) is 0.420. The van der Waals surface area contributed by atoms with Crippen molar-refractivity contribution in [2.45, 2.75) is 26.2 Å². The number of alkyl halides is 1. The number of carbonyl (C=O) groups excluding carboxylic acids is 2. The second-order valence-electron chi connectivity index (χ2n) is 5.09. The standard InChI is InChI=1S/C13H20ClNO3/c1-2-9-7-10-11(8-9)13(17)15(12(10)16)4-6-18-5-3-14/h9-11H,2-8H2,1H3. The first kappa shape index (κ1) is 13.8. The van der Waals surface area contributed by atoms with Crippen LogP contribution in [0, 0.1) is 17.8 Å². The van der Waals surface area contributed by atoms with Crippen LogP contribution in [-0.4, -0.2) is 42.4 Å². The summed E-state index contributed by atoms with van der Waals surface area (Å²) in [4.78, 5) is 25.7. The molecule has 0 aromatic heterocycles. The summed E-state index contributed by atoms with van der Waals surface area (Å²) in [6, 6.07) is 0. The summed E-state index contributed by atoms with van der Waals surface area (Å²) in [6.07, 6.45) is 2.82. The van der Waals surface area contributed by atoms with E-state index >= 15 is 0 Å². The van der Waals surface area contributed by atoms with E-state index in [1.54, 1.807) is 0 Å². The van der Waals surface area contributed by atoms with Crippen molar-refractivity contribution in [3.05, 3.63) is 0 Å². The van der Waals surface area contributed by atoms with Crippen molar-refractivity contribution >= 4 is 23.4 Å². The first-order valence-corrected chi connectivity index (χ1v) is 7.21. The van der Waals surface area contributed by atoms with Crippen molar-refractivity contribution in [3.63, 3.8) is 0 Å². The van der Waals surface area contributed by atoms with Crippen LogP contribution in [-0.2, 0) is 14.3 Å². The Bertz CT molecular complexity index is 310. The maximum Gasteiger partial charge on any atom is 0.233 e. The fourth-order valence-corrected chi connectivity index (χ4v) is 3.17. The van der Waals surface area contributed by atoms with Gasteiger partial charge in [0.15, 0.2) is 0 Å². The van der Waals surface area contributed by atoms with Gasteiger partial charge < -0.3 is 4.74 Å². The molecule has 18 heavy (non-hydrogen) atoms. The Morgan fingerprint density at radius 2 is 1.83 bits per heavy atom. The van der Waals surface area contributed by atoms with Gasteiger partial charge in [-0.25, -0.2) is 0 Å². The van der Waals surface area contributed by atoms with E-state index in [-0.39, 0.29) is 23.7 Å². The molecule has 0 aromatic carbocycles. The molecule has 2 unspecified atom stereocenters. The molecular formula is C13H20ClNO3. The number of likely N-dealkylation sites (tertiary alicyclic amines) is 1. The topological polar surface area (TPSA) is 46.6 Å². The zero-order chi connectivity index (χ0) is 13.1. The number of hydrogen-bond donors (Lipinski definition) is 0. The Morgan fingerprint density at radius 3 is 2.33 bits per heavy atom. The van der Waals surface area contributed by atoms with Gasteiger partial charge in [0.2, 0.25) is 11.8 Å². The molecule has 2 aliphatic rings. The second kappa shape index (κ2) is 6.02. The monoisotopic (exact) mass is 273 g/mol. The van der Waals surface area contributed by atoms with Gasteiger partial charge in [-0.05, 0) is 18.8 Å². The predicted molar refractivity (Wildman–Crippen MR) is 68.3 cm³/mol. The zero-order valence-electron chi connectivity index (χ0n) is 10.7. The van der Waals surface area contributed by atoms with E-state index in [4.69, 9.17) is 16.3 Å². The molecule has 102 valence electrons. The number of hydrogen-bond acceptors (Lipinski definition) is 3. The number of imide groups is 1. The normalized spacial score (nSPS) is 31.2. The minimum absolute atomic E-state index is 0.00965. The molecular weight excluding hydrogens is 254 g/mol. The molecule has 2 rings (SSSR count). The summed E-state index contributed by atoms with van der Waals surface area (Å²) in [6.45, 7) is 3.35.